The minimum Gasteiger partial charge on any atom is -0.348 e. The molecule has 1 aliphatic rings. The molecular weight excluding hydrogens is 361 g/mol. The molecule has 2 atom stereocenters. The molecule has 0 radical (unpaired) electrons. The Kier molecular flexibility index (Phi) is 8.69. The maximum Gasteiger partial charge on any atom is 0.253 e. The predicted octanol–water partition coefficient (Wildman–Crippen LogP) is 3.62. The highest BCUT2D eigenvalue weighted by atomic mass is 35.5. The number of hydrogen-bond acceptors (Lipinski definition) is 3. The average molecular weight is 388 g/mol. The number of carbonyl (C=O) groups is 2. The third kappa shape index (κ3) is 6.49. The lowest BCUT2D eigenvalue weighted by atomic mass is 9.99. The van der Waals surface area contributed by atoms with Crippen LogP contribution in [0.3, 0.4) is 0 Å². The van der Waals surface area contributed by atoms with Gasteiger partial charge in [0.15, 0.2) is 0 Å². The van der Waals surface area contributed by atoms with Gasteiger partial charge in [-0.1, -0.05) is 25.4 Å². The first-order valence-corrected chi connectivity index (χ1v) is 8.88. The van der Waals surface area contributed by atoms with Crippen LogP contribution in [-0.4, -0.2) is 30.4 Å². The van der Waals surface area contributed by atoms with Crippen molar-refractivity contribution >= 4 is 41.5 Å². The van der Waals surface area contributed by atoms with Crippen LogP contribution in [0.4, 0.5) is 5.69 Å². The standard InChI is InChI=1S/C18H26ClN3O2.ClH/c1-11(2)9-17(23)21-13-6-7-15(19)14(10-13)18(24)22-16-5-4-8-20-12(16)3;/h6-7,10-12,16,20H,4-5,8-9H2,1-3H3,(H,21,23)(H,22,24);1H. The Morgan fingerprint density at radius 3 is 2.72 bits per heavy atom. The summed E-state index contributed by atoms with van der Waals surface area (Å²) < 4.78 is 0. The monoisotopic (exact) mass is 387 g/mol. The van der Waals surface area contributed by atoms with E-state index in [-0.39, 0.29) is 42.2 Å². The van der Waals surface area contributed by atoms with E-state index in [1.807, 2.05) is 13.8 Å². The van der Waals surface area contributed by atoms with Crippen molar-refractivity contribution in [3.05, 3.63) is 28.8 Å². The van der Waals surface area contributed by atoms with E-state index in [4.69, 9.17) is 11.6 Å². The molecule has 140 valence electrons. The Labute approximate surface area is 160 Å². The lowest BCUT2D eigenvalue weighted by Crippen LogP contribution is -2.51. The second-order valence-electron chi connectivity index (χ2n) is 6.81. The number of anilines is 1. The number of amides is 2. The molecule has 0 bridgehead atoms. The molecule has 25 heavy (non-hydrogen) atoms. The number of benzene rings is 1. The predicted molar refractivity (Wildman–Crippen MR) is 105 cm³/mol. The second kappa shape index (κ2) is 10.00. The number of carbonyl (C=O) groups excluding carboxylic acids is 2. The van der Waals surface area contributed by atoms with Crippen LogP contribution in [0.5, 0.6) is 0 Å². The topological polar surface area (TPSA) is 70.2 Å². The van der Waals surface area contributed by atoms with E-state index in [0.29, 0.717) is 22.7 Å². The van der Waals surface area contributed by atoms with Crippen LogP contribution in [-0.2, 0) is 4.79 Å². The molecule has 1 saturated heterocycles. The van der Waals surface area contributed by atoms with Crippen molar-refractivity contribution in [2.45, 2.75) is 52.1 Å². The van der Waals surface area contributed by atoms with Gasteiger partial charge in [-0.05, 0) is 50.4 Å². The summed E-state index contributed by atoms with van der Waals surface area (Å²) >= 11 is 6.18. The van der Waals surface area contributed by atoms with Crippen LogP contribution >= 0.6 is 24.0 Å². The summed E-state index contributed by atoms with van der Waals surface area (Å²) in [7, 11) is 0. The Balaban J connectivity index is 0.00000312. The van der Waals surface area contributed by atoms with Crippen molar-refractivity contribution in [2.24, 2.45) is 5.92 Å². The van der Waals surface area contributed by atoms with Crippen molar-refractivity contribution in [2.75, 3.05) is 11.9 Å². The largest absolute Gasteiger partial charge is 0.348 e. The zero-order chi connectivity index (χ0) is 17.7. The van der Waals surface area contributed by atoms with Gasteiger partial charge in [0.1, 0.15) is 0 Å². The average Bonchev–Trinajstić information content (AvgIpc) is 2.50. The van der Waals surface area contributed by atoms with Crippen LogP contribution < -0.4 is 16.0 Å². The van der Waals surface area contributed by atoms with Crippen molar-refractivity contribution < 1.29 is 9.59 Å². The molecule has 0 saturated carbocycles. The molecule has 2 amide bonds. The molecule has 7 heteroatoms. The van der Waals surface area contributed by atoms with Gasteiger partial charge in [-0.2, -0.15) is 0 Å². The molecule has 1 aromatic carbocycles. The summed E-state index contributed by atoms with van der Waals surface area (Å²) in [5.74, 6) is 0.00431. The minimum absolute atomic E-state index is 0. The zero-order valence-electron chi connectivity index (χ0n) is 14.9. The molecule has 0 spiro atoms. The van der Waals surface area contributed by atoms with Crippen LogP contribution in [0.15, 0.2) is 18.2 Å². The number of rotatable bonds is 5. The fraction of sp³-hybridized carbons (Fsp3) is 0.556. The van der Waals surface area contributed by atoms with Gasteiger partial charge >= 0.3 is 0 Å². The fourth-order valence-electron chi connectivity index (χ4n) is 2.85. The lowest BCUT2D eigenvalue weighted by molar-refractivity contribution is -0.116. The van der Waals surface area contributed by atoms with Crippen molar-refractivity contribution in [3.63, 3.8) is 0 Å². The first-order valence-electron chi connectivity index (χ1n) is 8.50. The molecule has 3 N–H and O–H groups in total. The van der Waals surface area contributed by atoms with Crippen LogP contribution in [0.1, 0.15) is 50.4 Å². The SMILES string of the molecule is CC(C)CC(=O)Nc1ccc(Cl)c(C(=O)NC2CCCNC2C)c1.Cl. The van der Waals surface area contributed by atoms with Gasteiger partial charge in [0, 0.05) is 24.2 Å². The Morgan fingerprint density at radius 2 is 2.08 bits per heavy atom. The van der Waals surface area contributed by atoms with E-state index in [1.165, 1.54) is 0 Å². The number of piperidine rings is 1. The number of hydrogen-bond donors (Lipinski definition) is 3. The Hall–Kier alpha value is -1.30. The van der Waals surface area contributed by atoms with Gasteiger partial charge in [0.2, 0.25) is 5.91 Å². The van der Waals surface area contributed by atoms with E-state index in [9.17, 15) is 9.59 Å². The third-order valence-electron chi connectivity index (χ3n) is 4.17. The van der Waals surface area contributed by atoms with Crippen LogP contribution in [0, 0.1) is 5.92 Å². The molecule has 2 unspecified atom stereocenters. The van der Waals surface area contributed by atoms with Crippen LogP contribution in [0.25, 0.3) is 0 Å². The van der Waals surface area contributed by atoms with Gasteiger partial charge in [-0.15, -0.1) is 12.4 Å². The van der Waals surface area contributed by atoms with E-state index in [2.05, 4.69) is 22.9 Å². The quantitative estimate of drug-likeness (QED) is 0.722. The van der Waals surface area contributed by atoms with E-state index in [0.717, 1.165) is 19.4 Å². The molecule has 5 nitrogen and oxygen atoms in total. The van der Waals surface area contributed by atoms with Gasteiger partial charge in [-0.3, -0.25) is 9.59 Å². The fourth-order valence-corrected chi connectivity index (χ4v) is 3.05. The molecule has 1 aliphatic heterocycles. The Bertz CT molecular complexity index is 608. The van der Waals surface area contributed by atoms with E-state index in [1.54, 1.807) is 18.2 Å². The summed E-state index contributed by atoms with van der Waals surface area (Å²) in [6.07, 6.45) is 2.42. The van der Waals surface area contributed by atoms with Crippen molar-refractivity contribution in [1.82, 2.24) is 10.6 Å². The highest BCUT2D eigenvalue weighted by Gasteiger charge is 2.24. The zero-order valence-corrected chi connectivity index (χ0v) is 16.5. The summed E-state index contributed by atoms with van der Waals surface area (Å²) in [5, 5.41) is 9.59. The van der Waals surface area contributed by atoms with Gasteiger partial charge < -0.3 is 16.0 Å². The van der Waals surface area contributed by atoms with Crippen molar-refractivity contribution in [3.8, 4) is 0 Å². The molecule has 1 fully saturated rings. The maximum absolute atomic E-state index is 12.6. The number of nitrogens with one attached hydrogen (secondary N) is 3. The second-order valence-corrected chi connectivity index (χ2v) is 7.21. The Morgan fingerprint density at radius 1 is 1.36 bits per heavy atom. The van der Waals surface area contributed by atoms with Crippen molar-refractivity contribution in [1.29, 1.82) is 0 Å². The summed E-state index contributed by atoms with van der Waals surface area (Å²) in [6, 6.07) is 5.31. The molecule has 2 rings (SSSR count). The van der Waals surface area contributed by atoms with Gasteiger partial charge in [-0.25, -0.2) is 0 Å². The molecule has 1 aromatic rings. The molecular formula is C18H27Cl2N3O2. The highest BCUT2D eigenvalue weighted by molar-refractivity contribution is 6.34. The van der Waals surface area contributed by atoms with E-state index < -0.39 is 0 Å². The normalized spacial score (nSPS) is 19.9. The summed E-state index contributed by atoms with van der Waals surface area (Å²) in [4.78, 5) is 24.5. The summed E-state index contributed by atoms with van der Waals surface area (Å²) in [5.41, 5.74) is 0.974. The minimum atomic E-state index is -0.208. The first kappa shape index (κ1) is 21.7. The van der Waals surface area contributed by atoms with Gasteiger partial charge in [0.25, 0.3) is 5.91 Å². The summed E-state index contributed by atoms with van der Waals surface area (Å²) in [6.45, 7) is 7.01. The molecule has 0 aliphatic carbocycles. The molecule has 0 aromatic heterocycles. The maximum atomic E-state index is 12.6. The number of halogens is 2. The highest BCUT2D eigenvalue weighted by Crippen LogP contribution is 2.22. The van der Waals surface area contributed by atoms with Gasteiger partial charge in [0.05, 0.1) is 10.6 Å². The van der Waals surface area contributed by atoms with E-state index >= 15 is 0 Å². The third-order valence-corrected chi connectivity index (χ3v) is 4.50. The lowest BCUT2D eigenvalue weighted by Gasteiger charge is -2.30. The smallest absolute Gasteiger partial charge is 0.253 e. The molecule has 1 heterocycles. The first-order chi connectivity index (χ1) is 11.4. The van der Waals surface area contributed by atoms with Crippen LogP contribution in [0.2, 0.25) is 5.02 Å².